The van der Waals surface area contributed by atoms with Gasteiger partial charge >= 0.3 is 6.18 Å². The lowest BCUT2D eigenvalue weighted by atomic mass is 10.3. The van der Waals surface area contributed by atoms with Gasteiger partial charge in [-0.2, -0.15) is 13.2 Å². The molecule has 0 spiro atoms. The molecule has 0 saturated heterocycles. The van der Waals surface area contributed by atoms with Crippen LogP contribution in [0.5, 0.6) is 0 Å². The highest BCUT2D eigenvalue weighted by atomic mass is 35.5. The zero-order chi connectivity index (χ0) is 10.1. The molecule has 1 aromatic heterocycles. The van der Waals surface area contributed by atoms with Gasteiger partial charge in [-0.15, -0.1) is 11.6 Å². The van der Waals surface area contributed by atoms with Gasteiger partial charge in [-0.25, -0.2) is 9.37 Å². The van der Waals surface area contributed by atoms with Crippen molar-refractivity contribution in [3.05, 3.63) is 29.3 Å². The van der Waals surface area contributed by atoms with E-state index in [0.29, 0.717) is 12.1 Å². The van der Waals surface area contributed by atoms with Crippen LogP contribution in [0.15, 0.2) is 12.1 Å². The highest BCUT2D eigenvalue weighted by Gasteiger charge is 2.32. The molecule has 13 heavy (non-hydrogen) atoms. The van der Waals surface area contributed by atoms with E-state index in [1.165, 1.54) is 0 Å². The van der Waals surface area contributed by atoms with Crippen molar-refractivity contribution in [3.8, 4) is 0 Å². The summed E-state index contributed by atoms with van der Waals surface area (Å²) < 4.78 is 48.7. The van der Waals surface area contributed by atoms with Gasteiger partial charge in [-0.1, -0.05) is 0 Å². The maximum absolute atomic E-state index is 12.6. The van der Waals surface area contributed by atoms with E-state index in [-0.39, 0.29) is 5.88 Å². The maximum atomic E-state index is 12.6. The van der Waals surface area contributed by atoms with Crippen molar-refractivity contribution < 1.29 is 17.6 Å². The van der Waals surface area contributed by atoms with Crippen molar-refractivity contribution in [2.24, 2.45) is 0 Å². The van der Waals surface area contributed by atoms with Gasteiger partial charge in [0.05, 0.1) is 11.6 Å². The first-order valence-corrected chi connectivity index (χ1v) is 3.77. The Bertz CT molecular complexity index is 310. The Morgan fingerprint density at radius 3 is 2.38 bits per heavy atom. The first-order chi connectivity index (χ1) is 5.95. The fourth-order valence-corrected chi connectivity index (χ4v) is 0.923. The molecule has 0 unspecified atom stereocenters. The standard InChI is InChI=1S/C7H4ClF4N/c8-3-5-4(9)1-2-6(13-5)7(10,11)12/h1-2H,3H2. The number of pyridine rings is 1. The van der Waals surface area contributed by atoms with Gasteiger partial charge in [-0.3, -0.25) is 0 Å². The van der Waals surface area contributed by atoms with Crippen molar-refractivity contribution in [1.82, 2.24) is 4.98 Å². The zero-order valence-electron chi connectivity index (χ0n) is 6.20. The Morgan fingerprint density at radius 2 is 1.92 bits per heavy atom. The second-order valence-corrected chi connectivity index (χ2v) is 2.52. The molecule has 0 atom stereocenters. The van der Waals surface area contributed by atoms with Crippen molar-refractivity contribution in [2.75, 3.05) is 0 Å². The molecule has 0 aromatic carbocycles. The smallest absolute Gasteiger partial charge is 0.244 e. The first kappa shape index (κ1) is 10.2. The van der Waals surface area contributed by atoms with Crippen LogP contribution in [-0.2, 0) is 12.1 Å². The fraction of sp³-hybridized carbons (Fsp3) is 0.286. The number of hydrogen-bond donors (Lipinski definition) is 0. The Labute approximate surface area is 76.3 Å². The van der Waals surface area contributed by atoms with E-state index >= 15 is 0 Å². The van der Waals surface area contributed by atoms with Gasteiger partial charge in [0.25, 0.3) is 0 Å². The Balaban J connectivity index is 3.14. The predicted molar refractivity (Wildman–Crippen MR) is 38.8 cm³/mol. The normalized spacial score (nSPS) is 11.8. The molecule has 0 aliphatic carbocycles. The van der Waals surface area contributed by atoms with E-state index in [1.54, 1.807) is 0 Å². The number of aromatic nitrogens is 1. The van der Waals surface area contributed by atoms with Crippen molar-refractivity contribution in [3.63, 3.8) is 0 Å². The SMILES string of the molecule is Fc1ccc(C(F)(F)F)nc1CCl. The van der Waals surface area contributed by atoms with Crippen LogP contribution in [0.1, 0.15) is 11.4 Å². The first-order valence-electron chi connectivity index (χ1n) is 3.23. The zero-order valence-corrected chi connectivity index (χ0v) is 6.95. The molecule has 0 aliphatic rings. The average molecular weight is 214 g/mol. The van der Waals surface area contributed by atoms with Gasteiger partial charge in [-0.05, 0) is 12.1 Å². The lowest BCUT2D eigenvalue weighted by Gasteiger charge is -2.06. The van der Waals surface area contributed by atoms with Crippen molar-refractivity contribution in [2.45, 2.75) is 12.1 Å². The molecule has 1 nitrogen and oxygen atoms in total. The fourth-order valence-electron chi connectivity index (χ4n) is 0.736. The molecule has 1 rings (SSSR count). The number of alkyl halides is 4. The monoisotopic (exact) mass is 213 g/mol. The number of hydrogen-bond acceptors (Lipinski definition) is 1. The Morgan fingerprint density at radius 1 is 1.31 bits per heavy atom. The van der Waals surface area contributed by atoms with E-state index in [0.717, 1.165) is 0 Å². The molecule has 0 aliphatic heterocycles. The van der Waals surface area contributed by atoms with Crippen LogP contribution in [0.4, 0.5) is 17.6 Å². The molecule has 1 heterocycles. The Hall–Kier alpha value is -0.840. The second-order valence-electron chi connectivity index (χ2n) is 2.26. The van der Waals surface area contributed by atoms with Crippen LogP contribution in [0, 0.1) is 5.82 Å². The van der Waals surface area contributed by atoms with Gasteiger partial charge < -0.3 is 0 Å². The highest BCUT2D eigenvalue weighted by Crippen LogP contribution is 2.28. The van der Waals surface area contributed by atoms with Crippen molar-refractivity contribution >= 4 is 11.6 Å². The third-order valence-corrected chi connectivity index (χ3v) is 1.59. The summed E-state index contributed by atoms with van der Waals surface area (Å²) in [6, 6.07) is 1.28. The Kier molecular flexibility index (Phi) is 2.75. The van der Waals surface area contributed by atoms with Gasteiger partial charge in [0.1, 0.15) is 11.5 Å². The van der Waals surface area contributed by atoms with E-state index in [9.17, 15) is 17.6 Å². The summed E-state index contributed by atoms with van der Waals surface area (Å²) in [6.07, 6.45) is -4.56. The summed E-state index contributed by atoms with van der Waals surface area (Å²) in [4.78, 5) is 3.03. The predicted octanol–water partition coefficient (Wildman–Crippen LogP) is 2.98. The number of halogens is 5. The van der Waals surface area contributed by atoms with Crippen LogP contribution in [0.3, 0.4) is 0 Å². The quantitative estimate of drug-likeness (QED) is 0.516. The summed E-state index contributed by atoms with van der Waals surface area (Å²) >= 11 is 5.18. The molecule has 72 valence electrons. The molecule has 1 aromatic rings. The van der Waals surface area contributed by atoms with Crippen LogP contribution in [0.25, 0.3) is 0 Å². The molecule has 0 radical (unpaired) electrons. The number of rotatable bonds is 1. The van der Waals surface area contributed by atoms with Crippen LogP contribution >= 0.6 is 11.6 Å². The summed E-state index contributed by atoms with van der Waals surface area (Å²) in [5.74, 6) is -1.21. The summed E-state index contributed by atoms with van der Waals surface area (Å²) in [7, 11) is 0. The lowest BCUT2D eigenvalue weighted by Crippen LogP contribution is -2.09. The van der Waals surface area contributed by atoms with E-state index in [2.05, 4.69) is 4.98 Å². The minimum absolute atomic E-state index is 0.379. The minimum Gasteiger partial charge on any atom is -0.244 e. The molecule has 0 N–H and O–H groups in total. The third-order valence-electron chi connectivity index (χ3n) is 1.34. The topological polar surface area (TPSA) is 12.9 Å². The largest absolute Gasteiger partial charge is 0.433 e. The van der Waals surface area contributed by atoms with E-state index in [4.69, 9.17) is 11.6 Å². The molecule has 0 saturated carbocycles. The molecule has 6 heteroatoms. The number of nitrogens with zero attached hydrogens (tertiary/aromatic N) is 1. The minimum atomic E-state index is -4.56. The molecule has 0 amide bonds. The van der Waals surface area contributed by atoms with E-state index < -0.39 is 23.4 Å². The van der Waals surface area contributed by atoms with Crippen molar-refractivity contribution in [1.29, 1.82) is 0 Å². The summed E-state index contributed by atoms with van der Waals surface area (Å²) in [5, 5.41) is 0. The van der Waals surface area contributed by atoms with Crippen LogP contribution in [0.2, 0.25) is 0 Å². The van der Waals surface area contributed by atoms with Gasteiger partial charge in [0, 0.05) is 0 Å². The highest BCUT2D eigenvalue weighted by molar-refractivity contribution is 6.16. The maximum Gasteiger partial charge on any atom is 0.433 e. The lowest BCUT2D eigenvalue weighted by molar-refractivity contribution is -0.141. The molecule has 0 fully saturated rings. The summed E-state index contributed by atoms with van der Waals surface area (Å²) in [5.41, 5.74) is -1.53. The van der Waals surface area contributed by atoms with Crippen LogP contribution < -0.4 is 0 Å². The third kappa shape index (κ3) is 2.30. The van der Waals surface area contributed by atoms with Gasteiger partial charge in [0.2, 0.25) is 0 Å². The molecule has 0 bridgehead atoms. The second kappa shape index (κ2) is 3.49. The van der Waals surface area contributed by atoms with Crippen LogP contribution in [-0.4, -0.2) is 4.98 Å². The van der Waals surface area contributed by atoms with E-state index in [1.807, 2.05) is 0 Å². The molecular formula is C7H4ClF4N. The molecular weight excluding hydrogens is 210 g/mol. The summed E-state index contributed by atoms with van der Waals surface area (Å²) in [6.45, 7) is 0. The van der Waals surface area contributed by atoms with Gasteiger partial charge in [0.15, 0.2) is 0 Å². The average Bonchev–Trinajstić information content (AvgIpc) is 2.03.